The van der Waals surface area contributed by atoms with Crippen molar-refractivity contribution in [3.05, 3.63) is 51.2 Å². The molecule has 0 atom stereocenters. The summed E-state index contributed by atoms with van der Waals surface area (Å²) in [7, 11) is 1.82. The highest BCUT2D eigenvalue weighted by Gasteiger charge is 2.23. The first-order valence-corrected chi connectivity index (χ1v) is 12.1. The number of aromatic nitrogens is 3. The molecule has 0 spiro atoms. The van der Waals surface area contributed by atoms with Gasteiger partial charge in [-0.1, -0.05) is 41.1 Å². The van der Waals surface area contributed by atoms with Gasteiger partial charge in [-0.25, -0.2) is 0 Å². The molecule has 4 rings (SSSR count). The van der Waals surface area contributed by atoms with Gasteiger partial charge in [0.05, 0.1) is 22.3 Å². The number of benzene rings is 1. The highest BCUT2D eigenvalue weighted by atomic mass is 35.5. The third-order valence-electron chi connectivity index (χ3n) is 5.07. The van der Waals surface area contributed by atoms with Crippen LogP contribution in [0.5, 0.6) is 0 Å². The van der Waals surface area contributed by atoms with E-state index in [0.29, 0.717) is 12.3 Å². The molecular formula is C21H24ClN5OS2. The monoisotopic (exact) mass is 461 g/mol. The molecule has 0 aliphatic carbocycles. The van der Waals surface area contributed by atoms with E-state index in [1.54, 1.807) is 4.90 Å². The highest BCUT2D eigenvalue weighted by molar-refractivity contribution is 7.99. The van der Waals surface area contributed by atoms with Crippen molar-refractivity contribution in [1.82, 2.24) is 19.7 Å². The van der Waals surface area contributed by atoms with Gasteiger partial charge in [-0.3, -0.25) is 9.36 Å². The van der Waals surface area contributed by atoms with Crippen LogP contribution in [0.15, 0.2) is 41.6 Å². The first-order valence-electron chi connectivity index (χ1n) is 9.89. The zero-order valence-corrected chi connectivity index (χ0v) is 19.4. The number of amides is 1. The molecule has 9 heteroatoms. The number of carbonyl (C=O) groups excluding carboxylic acids is 1. The zero-order valence-electron chi connectivity index (χ0n) is 17.0. The largest absolute Gasteiger partial charge is 0.341 e. The molecule has 1 amide bonds. The number of anilines is 1. The minimum atomic E-state index is 0.0469. The van der Waals surface area contributed by atoms with Crippen molar-refractivity contribution in [3.63, 3.8) is 0 Å². The minimum absolute atomic E-state index is 0.0469. The lowest BCUT2D eigenvalue weighted by Gasteiger charge is -2.19. The molecule has 0 saturated carbocycles. The van der Waals surface area contributed by atoms with Crippen molar-refractivity contribution in [2.45, 2.75) is 31.5 Å². The third kappa shape index (κ3) is 4.82. The fraction of sp³-hybridized carbons (Fsp3) is 0.381. The molecule has 0 N–H and O–H groups in total. The quantitative estimate of drug-likeness (QED) is 0.480. The van der Waals surface area contributed by atoms with Crippen molar-refractivity contribution in [1.29, 1.82) is 0 Å². The molecule has 1 aromatic carbocycles. The number of hydrogen-bond donors (Lipinski definition) is 0. The Morgan fingerprint density at radius 2 is 1.90 bits per heavy atom. The lowest BCUT2D eigenvalue weighted by Crippen LogP contribution is -2.27. The number of carbonyl (C=O) groups is 1. The topological polar surface area (TPSA) is 54.3 Å². The second-order valence-electron chi connectivity index (χ2n) is 7.39. The van der Waals surface area contributed by atoms with E-state index in [0.717, 1.165) is 39.1 Å². The molecule has 1 aliphatic rings. The van der Waals surface area contributed by atoms with E-state index >= 15 is 0 Å². The Bertz CT molecular complexity index is 1010. The average Bonchev–Trinajstić information content (AvgIpc) is 3.47. The molecule has 30 heavy (non-hydrogen) atoms. The van der Waals surface area contributed by atoms with Gasteiger partial charge in [-0.2, -0.15) is 0 Å². The predicted molar refractivity (Wildman–Crippen MR) is 124 cm³/mol. The summed E-state index contributed by atoms with van der Waals surface area (Å²) >= 11 is 8.92. The lowest BCUT2D eigenvalue weighted by molar-refractivity contribution is -0.127. The maximum atomic E-state index is 12.7. The molecular weight excluding hydrogens is 438 g/mol. The molecule has 3 aromatic rings. The number of rotatable bonds is 7. The van der Waals surface area contributed by atoms with Gasteiger partial charge in [0.1, 0.15) is 0 Å². The fourth-order valence-corrected chi connectivity index (χ4v) is 5.42. The third-order valence-corrected chi connectivity index (χ3v) is 7.20. The summed E-state index contributed by atoms with van der Waals surface area (Å²) in [4.78, 5) is 17.8. The van der Waals surface area contributed by atoms with Crippen LogP contribution in [0.25, 0.3) is 5.69 Å². The van der Waals surface area contributed by atoms with Crippen molar-refractivity contribution in [3.8, 4) is 5.69 Å². The van der Waals surface area contributed by atoms with E-state index in [2.05, 4.69) is 50.9 Å². The van der Waals surface area contributed by atoms with Crippen LogP contribution in [0, 0.1) is 6.92 Å². The SMILES string of the molecule is Cc1ccc(-n2c(SCC(=O)N(C)Cc3ccc(Cl)s3)nnc2N2CCCC2)cc1. The Balaban J connectivity index is 1.50. The minimum Gasteiger partial charge on any atom is -0.341 e. The highest BCUT2D eigenvalue weighted by Crippen LogP contribution is 2.29. The molecule has 3 heterocycles. The van der Waals surface area contributed by atoms with Gasteiger partial charge >= 0.3 is 0 Å². The number of halogens is 1. The van der Waals surface area contributed by atoms with Crippen LogP contribution in [0.3, 0.4) is 0 Å². The van der Waals surface area contributed by atoms with Crippen molar-refractivity contribution in [2.24, 2.45) is 0 Å². The number of thioether (sulfide) groups is 1. The molecule has 1 aliphatic heterocycles. The van der Waals surface area contributed by atoms with Gasteiger partial charge in [0.15, 0.2) is 5.16 Å². The van der Waals surface area contributed by atoms with E-state index in [-0.39, 0.29) is 5.91 Å². The lowest BCUT2D eigenvalue weighted by atomic mass is 10.2. The summed E-state index contributed by atoms with van der Waals surface area (Å²) in [6.07, 6.45) is 2.33. The van der Waals surface area contributed by atoms with Crippen LogP contribution < -0.4 is 4.90 Å². The number of thiophene rings is 1. The Hall–Kier alpha value is -2.03. The smallest absolute Gasteiger partial charge is 0.233 e. The van der Waals surface area contributed by atoms with Crippen LogP contribution in [0.1, 0.15) is 23.3 Å². The maximum Gasteiger partial charge on any atom is 0.233 e. The summed E-state index contributed by atoms with van der Waals surface area (Å²) in [6.45, 7) is 4.60. The second-order valence-corrected chi connectivity index (χ2v) is 10.1. The van der Waals surface area contributed by atoms with E-state index < -0.39 is 0 Å². The summed E-state index contributed by atoms with van der Waals surface area (Å²) < 4.78 is 2.81. The Morgan fingerprint density at radius 1 is 1.17 bits per heavy atom. The van der Waals surface area contributed by atoms with Crippen LogP contribution in [-0.4, -0.2) is 51.5 Å². The first kappa shape index (κ1) is 21.2. The summed E-state index contributed by atoms with van der Waals surface area (Å²) in [6, 6.07) is 12.2. The van der Waals surface area contributed by atoms with E-state index in [1.165, 1.54) is 41.5 Å². The van der Waals surface area contributed by atoms with Crippen molar-refractivity contribution < 1.29 is 4.79 Å². The molecule has 0 bridgehead atoms. The molecule has 2 aromatic heterocycles. The molecule has 6 nitrogen and oxygen atoms in total. The normalized spacial score (nSPS) is 13.8. The maximum absolute atomic E-state index is 12.7. The summed E-state index contributed by atoms with van der Waals surface area (Å²) in [5.74, 6) is 1.21. The standard InChI is InChI=1S/C21H24ClN5OS2/c1-15-5-7-16(8-6-15)27-20(26-11-3-4-12-26)23-24-21(27)29-14-19(28)25(2)13-17-9-10-18(22)30-17/h5-10H,3-4,11-14H2,1-2H3. The van der Waals surface area contributed by atoms with Crippen molar-refractivity contribution >= 4 is 46.6 Å². The van der Waals surface area contributed by atoms with Gasteiger partial charge in [0.25, 0.3) is 0 Å². The van der Waals surface area contributed by atoms with Crippen molar-refractivity contribution in [2.75, 3.05) is 30.8 Å². The predicted octanol–water partition coefficient (Wildman–Crippen LogP) is 4.64. The van der Waals surface area contributed by atoms with Gasteiger partial charge < -0.3 is 9.80 Å². The van der Waals surface area contributed by atoms with E-state index in [9.17, 15) is 4.79 Å². The zero-order chi connectivity index (χ0) is 21.1. The first-order chi connectivity index (χ1) is 14.5. The van der Waals surface area contributed by atoms with Gasteiger partial charge in [0, 0.05) is 25.0 Å². The van der Waals surface area contributed by atoms with Crippen LogP contribution in [0.4, 0.5) is 5.95 Å². The Morgan fingerprint density at radius 3 is 2.57 bits per heavy atom. The van der Waals surface area contributed by atoms with Gasteiger partial charge in [-0.15, -0.1) is 21.5 Å². The second kappa shape index (κ2) is 9.41. The van der Waals surface area contributed by atoms with E-state index in [4.69, 9.17) is 11.6 Å². The molecule has 0 unspecified atom stereocenters. The summed E-state index contributed by atoms with van der Waals surface area (Å²) in [5.41, 5.74) is 2.22. The number of aryl methyl sites for hydroxylation is 1. The van der Waals surface area contributed by atoms with Gasteiger partial charge in [-0.05, 0) is 44.0 Å². The number of hydrogen-bond acceptors (Lipinski definition) is 6. The van der Waals surface area contributed by atoms with Crippen LogP contribution in [-0.2, 0) is 11.3 Å². The molecule has 158 valence electrons. The molecule has 1 fully saturated rings. The Kier molecular flexibility index (Phi) is 6.65. The van der Waals surface area contributed by atoms with E-state index in [1.807, 2.05) is 19.2 Å². The molecule has 1 saturated heterocycles. The fourth-order valence-electron chi connectivity index (χ4n) is 3.39. The summed E-state index contributed by atoms with van der Waals surface area (Å²) in [5, 5.41) is 9.63. The van der Waals surface area contributed by atoms with Crippen LogP contribution >= 0.6 is 34.7 Å². The number of nitrogens with zero attached hydrogens (tertiary/aromatic N) is 5. The van der Waals surface area contributed by atoms with Gasteiger partial charge in [0.2, 0.25) is 11.9 Å². The van der Waals surface area contributed by atoms with Crippen LogP contribution in [0.2, 0.25) is 4.34 Å². The average molecular weight is 462 g/mol. The Labute approximate surface area is 189 Å². The molecule has 0 radical (unpaired) electrons.